The first-order chi connectivity index (χ1) is 11.8. The number of ketones is 1. The van der Waals surface area contributed by atoms with E-state index in [1.807, 2.05) is 0 Å². The van der Waals surface area contributed by atoms with Crippen LogP contribution in [0.15, 0.2) is 46.9 Å². The maximum atomic E-state index is 12.5. The van der Waals surface area contributed by atoms with Gasteiger partial charge in [0.1, 0.15) is 5.75 Å². The Labute approximate surface area is 151 Å². The van der Waals surface area contributed by atoms with Crippen molar-refractivity contribution in [3.63, 3.8) is 0 Å². The Balaban J connectivity index is 1.84. The fourth-order valence-electron chi connectivity index (χ4n) is 2.65. The van der Waals surface area contributed by atoms with E-state index in [0.717, 1.165) is 5.56 Å². The number of hydrogen-bond donors (Lipinski definition) is 0. The van der Waals surface area contributed by atoms with Gasteiger partial charge in [0, 0.05) is 22.5 Å². The van der Waals surface area contributed by atoms with Crippen LogP contribution in [-0.4, -0.2) is 18.4 Å². The van der Waals surface area contributed by atoms with Crippen molar-refractivity contribution in [2.24, 2.45) is 0 Å². The summed E-state index contributed by atoms with van der Waals surface area (Å²) in [5, 5.41) is 0.434. The molecule has 7 heteroatoms. The fraction of sp³-hybridized carbons (Fsp3) is 0.167. The molecule has 1 aliphatic rings. The zero-order chi connectivity index (χ0) is 18.2. The minimum Gasteiger partial charge on any atom is -0.495 e. The molecule has 0 saturated heterocycles. The number of methoxy groups -OCH3 is 1. The number of thioether (sulfide) groups is 1. The number of ether oxygens (including phenoxy) is 1. The molecule has 0 aliphatic heterocycles. The number of fused-ring (bicyclic) bond motifs is 1. The standard InChI is InChI=1S/C18H12ClF3O2S/c1-24-16-9-14-11(8-15(16)19)7-12(17(14)23)6-10-2-4-13(5-3-10)25-18(20,21)22/h2-6,8-9H,7H2,1H3. The number of halogens is 4. The van der Waals surface area contributed by atoms with Crippen molar-refractivity contribution in [1.82, 2.24) is 0 Å². The Morgan fingerprint density at radius 3 is 2.48 bits per heavy atom. The van der Waals surface area contributed by atoms with Crippen LogP contribution in [0.4, 0.5) is 13.2 Å². The van der Waals surface area contributed by atoms with Crippen molar-refractivity contribution in [1.29, 1.82) is 0 Å². The van der Waals surface area contributed by atoms with E-state index in [2.05, 4.69) is 0 Å². The molecule has 0 unspecified atom stereocenters. The molecule has 0 spiro atoms. The quantitative estimate of drug-likeness (QED) is 0.495. The van der Waals surface area contributed by atoms with Crippen LogP contribution in [-0.2, 0) is 6.42 Å². The Kier molecular flexibility index (Phi) is 4.84. The number of benzene rings is 2. The first-order valence-corrected chi connectivity index (χ1v) is 8.44. The van der Waals surface area contributed by atoms with Gasteiger partial charge in [0.2, 0.25) is 0 Å². The highest BCUT2D eigenvalue weighted by molar-refractivity contribution is 8.00. The normalized spacial score (nSPS) is 15.6. The smallest absolute Gasteiger partial charge is 0.446 e. The molecule has 2 aromatic carbocycles. The molecule has 130 valence electrons. The van der Waals surface area contributed by atoms with Gasteiger partial charge in [0.25, 0.3) is 0 Å². The van der Waals surface area contributed by atoms with E-state index in [4.69, 9.17) is 16.3 Å². The largest absolute Gasteiger partial charge is 0.495 e. The van der Waals surface area contributed by atoms with Crippen LogP contribution in [0.1, 0.15) is 21.5 Å². The van der Waals surface area contributed by atoms with Crippen LogP contribution in [0, 0.1) is 0 Å². The van der Waals surface area contributed by atoms with Crippen LogP contribution in [0.2, 0.25) is 5.02 Å². The van der Waals surface area contributed by atoms with Gasteiger partial charge in [-0.2, -0.15) is 13.2 Å². The average molecular weight is 385 g/mol. The molecule has 0 heterocycles. The molecule has 0 N–H and O–H groups in total. The van der Waals surface area contributed by atoms with Gasteiger partial charge in [-0.3, -0.25) is 4.79 Å². The van der Waals surface area contributed by atoms with Crippen molar-refractivity contribution < 1.29 is 22.7 Å². The molecule has 0 radical (unpaired) electrons. The molecule has 0 atom stereocenters. The Morgan fingerprint density at radius 2 is 1.88 bits per heavy atom. The predicted molar refractivity (Wildman–Crippen MR) is 92.4 cm³/mol. The van der Waals surface area contributed by atoms with E-state index in [1.165, 1.54) is 19.2 Å². The summed E-state index contributed by atoms with van der Waals surface area (Å²) in [5.74, 6) is 0.308. The second-order valence-electron chi connectivity index (χ2n) is 5.44. The number of hydrogen-bond acceptors (Lipinski definition) is 3. The summed E-state index contributed by atoms with van der Waals surface area (Å²) in [5.41, 5.74) is -1.74. The molecular formula is C18H12ClF3O2S. The summed E-state index contributed by atoms with van der Waals surface area (Å²) < 4.78 is 42.2. The highest BCUT2D eigenvalue weighted by Gasteiger charge is 2.29. The first-order valence-electron chi connectivity index (χ1n) is 7.24. The van der Waals surface area contributed by atoms with E-state index in [1.54, 1.807) is 30.3 Å². The monoisotopic (exact) mass is 384 g/mol. The maximum Gasteiger partial charge on any atom is 0.446 e. The van der Waals surface area contributed by atoms with E-state index >= 15 is 0 Å². The van der Waals surface area contributed by atoms with Gasteiger partial charge in [0.15, 0.2) is 5.78 Å². The van der Waals surface area contributed by atoms with Crippen molar-refractivity contribution in [3.05, 3.63) is 63.7 Å². The number of carbonyl (C=O) groups is 1. The maximum absolute atomic E-state index is 12.5. The fourth-order valence-corrected chi connectivity index (χ4v) is 3.45. The lowest BCUT2D eigenvalue weighted by molar-refractivity contribution is -0.0328. The molecule has 0 bridgehead atoms. The van der Waals surface area contributed by atoms with Crippen molar-refractivity contribution in [2.75, 3.05) is 7.11 Å². The zero-order valence-electron chi connectivity index (χ0n) is 13.0. The topological polar surface area (TPSA) is 26.3 Å². The molecular weight excluding hydrogens is 373 g/mol. The predicted octanol–water partition coefficient (Wildman–Crippen LogP) is 5.78. The third-order valence-corrected chi connectivity index (χ3v) is 4.78. The lowest BCUT2D eigenvalue weighted by atomic mass is 10.1. The third-order valence-electron chi connectivity index (χ3n) is 3.75. The van der Waals surface area contributed by atoms with Gasteiger partial charge >= 0.3 is 5.51 Å². The summed E-state index contributed by atoms with van der Waals surface area (Å²) in [4.78, 5) is 12.6. The van der Waals surface area contributed by atoms with Crippen LogP contribution in [0.25, 0.3) is 6.08 Å². The van der Waals surface area contributed by atoms with Crippen molar-refractivity contribution in [3.8, 4) is 5.75 Å². The Morgan fingerprint density at radius 1 is 1.20 bits per heavy atom. The average Bonchev–Trinajstić information content (AvgIpc) is 2.82. The van der Waals surface area contributed by atoms with Gasteiger partial charge in [-0.1, -0.05) is 23.7 Å². The van der Waals surface area contributed by atoms with E-state index in [0.29, 0.717) is 33.9 Å². The highest BCUT2D eigenvalue weighted by Crippen LogP contribution is 2.38. The number of allylic oxidation sites excluding steroid dienone is 1. The van der Waals surface area contributed by atoms with Crippen LogP contribution in [0.5, 0.6) is 5.75 Å². The Bertz CT molecular complexity index is 858. The molecule has 25 heavy (non-hydrogen) atoms. The zero-order valence-corrected chi connectivity index (χ0v) is 14.6. The second kappa shape index (κ2) is 6.77. The van der Waals surface area contributed by atoms with Gasteiger partial charge < -0.3 is 4.74 Å². The van der Waals surface area contributed by atoms with Crippen LogP contribution < -0.4 is 4.74 Å². The third kappa shape index (κ3) is 4.02. The molecule has 0 saturated carbocycles. The van der Waals surface area contributed by atoms with Gasteiger partial charge in [-0.05, 0) is 53.2 Å². The molecule has 2 nitrogen and oxygen atoms in total. The van der Waals surface area contributed by atoms with Crippen molar-refractivity contribution in [2.45, 2.75) is 16.8 Å². The minimum absolute atomic E-state index is 0.104. The molecule has 3 rings (SSSR count). The summed E-state index contributed by atoms with van der Waals surface area (Å²) in [6.45, 7) is 0. The molecule has 0 fully saturated rings. The summed E-state index contributed by atoms with van der Waals surface area (Å²) in [6.07, 6.45) is 2.11. The number of carbonyl (C=O) groups excluding carboxylic acids is 1. The molecule has 1 aliphatic carbocycles. The van der Waals surface area contributed by atoms with Crippen molar-refractivity contribution >= 4 is 35.2 Å². The van der Waals surface area contributed by atoms with E-state index in [-0.39, 0.29) is 22.4 Å². The number of Topliss-reactive ketones (excluding diaryl/α,β-unsaturated/α-hetero) is 1. The van der Waals surface area contributed by atoms with E-state index < -0.39 is 5.51 Å². The highest BCUT2D eigenvalue weighted by atomic mass is 35.5. The molecule has 2 aromatic rings. The van der Waals surface area contributed by atoms with Gasteiger partial charge in [0.05, 0.1) is 12.1 Å². The lowest BCUT2D eigenvalue weighted by Gasteiger charge is -2.05. The summed E-state index contributed by atoms with van der Waals surface area (Å²) in [6, 6.07) is 9.21. The molecule has 0 amide bonds. The van der Waals surface area contributed by atoms with Crippen LogP contribution in [0.3, 0.4) is 0 Å². The summed E-state index contributed by atoms with van der Waals surface area (Å²) in [7, 11) is 1.48. The molecule has 0 aromatic heterocycles. The minimum atomic E-state index is -4.32. The van der Waals surface area contributed by atoms with Gasteiger partial charge in [-0.15, -0.1) is 0 Å². The van der Waals surface area contributed by atoms with Crippen LogP contribution >= 0.6 is 23.4 Å². The van der Waals surface area contributed by atoms with E-state index in [9.17, 15) is 18.0 Å². The second-order valence-corrected chi connectivity index (χ2v) is 6.98. The SMILES string of the molecule is COc1cc2c(cc1Cl)CC(=Cc1ccc(SC(F)(F)F)cc1)C2=O. The summed E-state index contributed by atoms with van der Waals surface area (Å²) >= 11 is 5.92. The Hall–Kier alpha value is -1.92. The number of rotatable bonds is 3. The first kappa shape index (κ1) is 17.9. The lowest BCUT2D eigenvalue weighted by Crippen LogP contribution is -1.98. The number of alkyl halides is 3. The van der Waals surface area contributed by atoms with Gasteiger partial charge in [-0.25, -0.2) is 0 Å².